The van der Waals surface area contributed by atoms with Gasteiger partial charge in [-0.25, -0.2) is 4.98 Å². The molecule has 7 heteroatoms. The number of likely N-dealkylation sites (tertiary alicyclic amines) is 1. The van der Waals surface area contributed by atoms with Crippen molar-refractivity contribution in [2.45, 2.75) is 46.1 Å². The number of piperidine rings is 1. The predicted octanol–water partition coefficient (Wildman–Crippen LogP) is 1.87. The SMILES string of the molecule is Cc1nc(C)c(CC(=O)NCc2cccc(C(=O)N3CCCCC3)c2)c(=O)[nH]1. The third-order valence-corrected chi connectivity index (χ3v) is 4.98. The molecule has 0 unspecified atom stereocenters. The van der Waals surface area contributed by atoms with Crippen LogP contribution in [0.4, 0.5) is 0 Å². The Kier molecular flexibility index (Phi) is 6.23. The molecule has 2 heterocycles. The summed E-state index contributed by atoms with van der Waals surface area (Å²) in [7, 11) is 0. The number of benzene rings is 1. The van der Waals surface area contributed by atoms with E-state index in [2.05, 4.69) is 15.3 Å². The van der Waals surface area contributed by atoms with E-state index < -0.39 is 0 Å². The zero-order valence-corrected chi connectivity index (χ0v) is 16.4. The van der Waals surface area contributed by atoms with Crippen molar-refractivity contribution < 1.29 is 9.59 Å². The van der Waals surface area contributed by atoms with Gasteiger partial charge in [0, 0.05) is 36.5 Å². The lowest BCUT2D eigenvalue weighted by Crippen LogP contribution is -2.35. The van der Waals surface area contributed by atoms with Crippen molar-refractivity contribution in [3.8, 4) is 0 Å². The van der Waals surface area contributed by atoms with E-state index in [1.807, 2.05) is 29.2 Å². The van der Waals surface area contributed by atoms with Crippen LogP contribution in [0.3, 0.4) is 0 Å². The molecule has 1 fully saturated rings. The lowest BCUT2D eigenvalue weighted by molar-refractivity contribution is -0.120. The van der Waals surface area contributed by atoms with Gasteiger partial charge >= 0.3 is 0 Å². The fourth-order valence-electron chi connectivity index (χ4n) is 3.48. The highest BCUT2D eigenvalue weighted by Crippen LogP contribution is 2.14. The van der Waals surface area contributed by atoms with Crippen LogP contribution in [0.1, 0.15) is 52.3 Å². The highest BCUT2D eigenvalue weighted by Gasteiger charge is 2.18. The average molecular weight is 382 g/mol. The van der Waals surface area contributed by atoms with Crippen LogP contribution < -0.4 is 10.9 Å². The van der Waals surface area contributed by atoms with Crippen molar-refractivity contribution in [1.29, 1.82) is 0 Å². The van der Waals surface area contributed by atoms with Gasteiger partial charge < -0.3 is 15.2 Å². The minimum absolute atomic E-state index is 0.0269. The molecule has 0 radical (unpaired) electrons. The highest BCUT2D eigenvalue weighted by atomic mass is 16.2. The molecular formula is C21H26N4O3. The molecule has 28 heavy (non-hydrogen) atoms. The molecule has 0 atom stereocenters. The zero-order valence-electron chi connectivity index (χ0n) is 16.4. The van der Waals surface area contributed by atoms with Gasteiger partial charge in [-0.05, 0) is 50.8 Å². The molecule has 1 saturated heterocycles. The maximum absolute atomic E-state index is 12.6. The summed E-state index contributed by atoms with van der Waals surface area (Å²) in [6, 6.07) is 7.34. The number of hydrogen-bond acceptors (Lipinski definition) is 4. The van der Waals surface area contributed by atoms with E-state index in [1.165, 1.54) is 6.42 Å². The van der Waals surface area contributed by atoms with Crippen molar-refractivity contribution in [3.63, 3.8) is 0 Å². The van der Waals surface area contributed by atoms with Crippen LogP contribution >= 0.6 is 0 Å². The Morgan fingerprint density at radius 2 is 1.93 bits per heavy atom. The molecular weight excluding hydrogens is 356 g/mol. The van der Waals surface area contributed by atoms with Crippen LogP contribution in [0.2, 0.25) is 0 Å². The second-order valence-electron chi connectivity index (χ2n) is 7.22. The topological polar surface area (TPSA) is 95.2 Å². The first kappa shape index (κ1) is 19.8. The Morgan fingerprint density at radius 1 is 1.18 bits per heavy atom. The van der Waals surface area contributed by atoms with Crippen LogP contribution in [-0.4, -0.2) is 39.8 Å². The summed E-state index contributed by atoms with van der Waals surface area (Å²) in [5.41, 5.74) is 2.14. The standard InChI is InChI=1S/C21H26N4O3/c1-14-18(20(27)24-15(2)23-14)12-19(26)22-13-16-7-6-8-17(11-16)21(28)25-9-4-3-5-10-25/h6-8,11H,3-5,9-10,12-13H2,1-2H3,(H,22,26)(H,23,24,27). The lowest BCUT2D eigenvalue weighted by Gasteiger charge is -2.26. The van der Waals surface area contributed by atoms with Crippen molar-refractivity contribution in [3.05, 3.63) is 62.8 Å². The second-order valence-corrected chi connectivity index (χ2v) is 7.22. The zero-order chi connectivity index (χ0) is 20.1. The summed E-state index contributed by atoms with van der Waals surface area (Å²) < 4.78 is 0. The van der Waals surface area contributed by atoms with Gasteiger partial charge in [0.2, 0.25) is 5.91 Å². The Bertz CT molecular complexity index is 929. The Morgan fingerprint density at radius 3 is 2.64 bits per heavy atom. The molecule has 2 N–H and O–H groups in total. The minimum atomic E-state index is -0.283. The van der Waals surface area contributed by atoms with E-state index in [1.54, 1.807) is 13.8 Å². The second kappa shape index (κ2) is 8.82. The quantitative estimate of drug-likeness (QED) is 0.825. The highest BCUT2D eigenvalue weighted by molar-refractivity contribution is 5.94. The van der Waals surface area contributed by atoms with Crippen LogP contribution in [0, 0.1) is 13.8 Å². The number of rotatable bonds is 5. The first-order valence-corrected chi connectivity index (χ1v) is 9.65. The molecule has 0 bridgehead atoms. The Hall–Kier alpha value is -2.96. The number of aryl methyl sites for hydroxylation is 2. The normalized spacial score (nSPS) is 14.0. The van der Waals surface area contributed by atoms with Gasteiger partial charge in [0.25, 0.3) is 11.5 Å². The van der Waals surface area contributed by atoms with E-state index in [0.29, 0.717) is 29.2 Å². The summed E-state index contributed by atoms with van der Waals surface area (Å²) in [5, 5.41) is 2.82. The van der Waals surface area contributed by atoms with Gasteiger partial charge in [-0.2, -0.15) is 0 Å². The lowest BCUT2D eigenvalue weighted by atomic mass is 10.1. The number of carbonyl (C=O) groups is 2. The minimum Gasteiger partial charge on any atom is -0.352 e. The smallest absolute Gasteiger partial charge is 0.254 e. The number of nitrogens with zero attached hydrogens (tertiary/aromatic N) is 2. The number of aromatic amines is 1. The summed E-state index contributed by atoms with van der Waals surface area (Å²) in [6.07, 6.45) is 3.25. The van der Waals surface area contributed by atoms with Gasteiger partial charge in [0.05, 0.1) is 6.42 Å². The van der Waals surface area contributed by atoms with E-state index in [-0.39, 0.29) is 23.8 Å². The van der Waals surface area contributed by atoms with E-state index in [9.17, 15) is 14.4 Å². The molecule has 1 aliphatic heterocycles. The number of carbonyl (C=O) groups excluding carboxylic acids is 2. The van der Waals surface area contributed by atoms with Crippen LogP contribution in [-0.2, 0) is 17.8 Å². The molecule has 3 rings (SSSR count). The summed E-state index contributed by atoms with van der Waals surface area (Å²) in [5.74, 6) is 0.314. The summed E-state index contributed by atoms with van der Waals surface area (Å²) in [4.78, 5) is 45.6. The first-order chi connectivity index (χ1) is 13.4. The molecule has 0 saturated carbocycles. The van der Waals surface area contributed by atoms with Gasteiger partial charge in [0.1, 0.15) is 5.82 Å². The van der Waals surface area contributed by atoms with Gasteiger partial charge in [0.15, 0.2) is 0 Å². The average Bonchev–Trinajstić information content (AvgIpc) is 2.69. The van der Waals surface area contributed by atoms with Crippen LogP contribution in [0.5, 0.6) is 0 Å². The summed E-state index contributed by atoms with van der Waals surface area (Å²) >= 11 is 0. The maximum Gasteiger partial charge on any atom is 0.254 e. The number of nitrogens with one attached hydrogen (secondary N) is 2. The molecule has 148 valence electrons. The van der Waals surface area contributed by atoms with E-state index >= 15 is 0 Å². The molecule has 1 aliphatic rings. The van der Waals surface area contributed by atoms with Crippen molar-refractivity contribution in [2.75, 3.05) is 13.1 Å². The molecule has 0 spiro atoms. The Labute approximate surface area is 164 Å². The Balaban J connectivity index is 1.61. The van der Waals surface area contributed by atoms with Crippen LogP contribution in [0.25, 0.3) is 0 Å². The van der Waals surface area contributed by atoms with Crippen LogP contribution in [0.15, 0.2) is 29.1 Å². The summed E-state index contributed by atoms with van der Waals surface area (Å²) in [6.45, 7) is 5.34. The maximum atomic E-state index is 12.6. The van der Waals surface area contributed by atoms with E-state index in [4.69, 9.17) is 0 Å². The molecule has 0 aliphatic carbocycles. The number of H-pyrrole nitrogens is 1. The molecule has 1 aromatic heterocycles. The third kappa shape index (κ3) is 4.85. The fourth-order valence-corrected chi connectivity index (χ4v) is 3.48. The third-order valence-electron chi connectivity index (χ3n) is 4.98. The largest absolute Gasteiger partial charge is 0.352 e. The number of amides is 2. The van der Waals surface area contributed by atoms with Gasteiger partial charge in [-0.1, -0.05) is 12.1 Å². The molecule has 2 amide bonds. The molecule has 1 aromatic carbocycles. The first-order valence-electron chi connectivity index (χ1n) is 9.65. The fraction of sp³-hybridized carbons (Fsp3) is 0.429. The monoisotopic (exact) mass is 382 g/mol. The number of aromatic nitrogens is 2. The molecule has 7 nitrogen and oxygen atoms in total. The van der Waals surface area contributed by atoms with Crippen molar-refractivity contribution in [2.24, 2.45) is 0 Å². The van der Waals surface area contributed by atoms with Crippen molar-refractivity contribution in [1.82, 2.24) is 20.2 Å². The van der Waals surface area contributed by atoms with Gasteiger partial charge in [-0.3, -0.25) is 14.4 Å². The van der Waals surface area contributed by atoms with Crippen molar-refractivity contribution >= 4 is 11.8 Å². The molecule has 2 aromatic rings. The van der Waals surface area contributed by atoms with Gasteiger partial charge in [-0.15, -0.1) is 0 Å². The van der Waals surface area contributed by atoms with E-state index in [0.717, 1.165) is 31.5 Å². The number of hydrogen-bond donors (Lipinski definition) is 2. The predicted molar refractivity (Wildman–Crippen MR) is 106 cm³/mol.